The molecule has 0 radical (unpaired) electrons. The van der Waals surface area contributed by atoms with Gasteiger partial charge in [-0.05, 0) is 42.0 Å². The summed E-state index contributed by atoms with van der Waals surface area (Å²) >= 11 is 6.67. The number of esters is 1. The summed E-state index contributed by atoms with van der Waals surface area (Å²) in [6.07, 6.45) is 0. The van der Waals surface area contributed by atoms with Crippen molar-refractivity contribution < 1.29 is 18.7 Å². The Bertz CT molecular complexity index is 1000. The van der Waals surface area contributed by atoms with Crippen LogP contribution in [0, 0.1) is 5.82 Å². The number of benzene rings is 2. The first kappa shape index (κ1) is 19.8. The van der Waals surface area contributed by atoms with Crippen molar-refractivity contribution in [1.82, 2.24) is 0 Å². The molecule has 2 aromatic carbocycles. The highest BCUT2D eigenvalue weighted by Crippen LogP contribution is 2.36. The Balaban J connectivity index is 1.86. The van der Waals surface area contributed by atoms with E-state index in [2.05, 4.69) is 10.6 Å². The number of rotatable bonds is 5. The minimum atomic E-state index is -0.507. The summed E-state index contributed by atoms with van der Waals surface area (Å²) in [5.41, 5.74) is 2.43. The Morgan fingerprint density at radius 3 is 2.54 bits per heavy atom. The monoisotopic (exact) mass is 416 g/mol. The van der Waals surface area contributed by atoms with Gasteiger partial charge in [-0.25, -0.2) is 9.18 Å². The van der Waals surface area contributed by atoms with Gasteiger partial charge in [-0.2, -0.15) is 0 Å². The van der Waals surface area contributed by atoms with Gasteiger partial charge in [-0.1, -0.05) is 18.2 Å². The summed E-state index contributed by atoms with van der Waals surface area (Å²) in [4.78, 5) is 12.4. The van der Waals surface area contributed by atoms with Crippen LogP contribution in [0.3, 0.4) is 0 Å². The van der Waals surface area contributed by atoms with Gasteiger partial charge in [-0.3, -0.25) is 0 Å². The maximum Gasteiger partial charge on any atom is 0.341 e. The molecule has 3 rings (SSSR count). The van der Waals surface area contributed by atoms with E-state index in [-0.39, 0.29) is 5.82 Å². The molecule has 5 nitrogen and oxygen atoms in total. The average Bonchev–Trinajstić information content (AvgIpc) is 3.11. The molecule has 28 heavy (non-hydrogen) atoms. The lowest BCUT2D eigenvalue weighted by molar-refractivity contribution is 0.0603. The standard InChI is InChI=1S/C20H17FN2O3S2/c1-25-15-5-3-4-14(10-15)22-20(27)23-18-17(19(24)26-2)16(11-28-18)12-6-8-13(21)9-7-12/h3-11H,1-2H3,(H2,22,23,27). The van der Waals surface area contributed by atoms with Crippen molar-refractivity contribution in [3.8, 4) is 16.9 Å². The maximum absolute atomic E-state index is 13.2. The molecule has 0 aliphatic rings. The Labute approximate surface area is 171 Å². The van der Waals surface area contributed by atoms with Crippen molar-refractivity contribution in [3.63, 3.8) is 0 Å². The van der Waals surface area contributed by atoms with Crippen LogP contribution in [0.2, 0.25) is 0 Å². The molecule has 144 valence electrons. The molecule has 0 bridgehead atoms. The summed E-state index contributed by atoms with van der Waals surface area (Å²) < 4.78 is 23.3. The quantitative estimate of drug-likeness (QED) is 0.443. The van der Waals surface area contributed by atoms with Crippen LogP contribution >= 0.6 is 23.6 Å². The van der Waals surface area contributed by atoms with Gasteiger partial charge in [0.25, 0.3) is 0 Å². The lowest BCUT2D eigenvalue weighted by Gasteiger charge is -2.12. The van der Waals surface area contributed by atoms with Crippen molar-refractivity contribution in [1.29, 1.82) is 0 Å². The van der Waals surface area contributed by atoms with Gasteiger partial charge >= 0.3 is 5.97 Å². The topological polar surface area (TPSA) is 59.6 Å². The number of halogens is 1. The lowest BCUT2D eigenvalue weighted by Crippen LogP contribution is -2.20. The predicted octanol–water partition coefficient (Wildman–Crippen LogP) is 5.16. The van der Waals surface area contributed by atoms with E-state index in [1.807, 2.05) is 18.2 Å². The molecule has 0 spiro atoms. The second-order valence-electron chi connectivity index (χ2n) is 5.66. The van der Waals surface area contributed by atoms with Gasteiger partial charge in [0.1, 0.15) is 22.1 Å². The zero-order valence-electron chi connectivity index (χ0n) is 15.1. The third kappa shape index (κ3) is 4.47. The average molecular weight is 416 g/mol. The van der Waals surface area contributed by atoms with Gasteiger partial charge in [0.15, 0.2) is 5.11 Å². The van der Waals surface area contributed by atoms with Crippen molar-refractivity contribution in [2.24, 2.45) is 0 Å². The van der Waals surface area contributed by atoms with Crippen LogP contribution in [0.25, 0.3) is 11.1 Å². The van der Waals surface area contributed by atoms with Crippen LogP contribution in [0.5, 0.6) is 5.75 Å². The predicted molar refractivity (Wildman–Crippen MR) is 114 cm³/mol. The molecule has 0 aliphatic carbocycles. The van der Waals surface area contributed by atoms with E-state index < -0.39 is 5.97 Å². The summed E-state index contributed by atoms with van der Waals surface area (Å²) in [7, 11) is 2.89. The zero-order chi connectivity index (χ0) is 20.1. The number of thiophene rings is 1. The fourth-order valence-corrected chi connectivity index (χ4v) is 3.81. The van der Waals surface area contributed by atoms with E-state index in [1.54, 1.807) is 30.7 Å². The molecular weight excluding hydrogens is 399 g/mol. The summed E-state index contributed by atoms with van der Waals surface area (Å²) in [6.45, 7) is 0. The first-order valence-electron chi connectivity index (χ1n) is 8.19. The minimum absolute atomic E-state index is 0.311. The summed E-state index contributed by atoms with van der Waals surface area (Å²) in [5, 5.41) is 8.73. The maximum atomic E-state index is 13.2. The molecule has 0 saturated carbocycles. The highest BCUT2D eigenvalue weighted by atomic mass is 32.1. The van der Waals surface area contributed by atoms with Crippen molar-refractivity contribution in [3.05, 3.63) is 65.3 Å². The molecule has 0 unspecified atom stereocenters. The van der Waals surface area contributed by atoms with Gasteiger partial charge in [0, 0.05) is 22.7 Å². The van der Waals surface area contributed by atoms with E-state index in [0.29, 0.717) is 32.6 Å². The lowest BCUT2D eigenvalue weighted by atomic mass is 10.0. The number of anilines is 2. The molecular formula is C20H17FN2O3S2. The molecule has 1 heterocycles. The highest BCUT2D eigenvalue weighted by molar-refractivity contribution is 7.80. The van der Waals surface area contributed by atoms with Crippen molar-refractivity contribution in [2.45, 2.75) is 0 Å². The van der Waals surface area contributed by atoms with Gasteiger partial charge in [0.2, 0.25) is 0 Å². The molecule has 3 aromatic rings. The fraction of sp³-hybridized carbons (Fsp3) is 0.100. The zero-order valence-corrected chi connectivity index (χ0v) is 16.7. The van der Waals surface area contributed by atoms with Crippen LogP contribution in [-0.2, 0) is 4.74 Å². The number of hydrogen-bond donors (Lipinski definition) is 2. The molecule has 0 amide bonds. The van der Waals surface area contributed by atoms with Gasteiger partial charge in [0.05, 0.1) is 14.2 Å². The van der Waals surface area contributed by atoms with E-state index in [9.17, 15) is 9.18 Å². The molecule has 0 atom stereocenters. The molecule has 0 saturated heterocycles. The number of carbonyl (C=O) groups excluding carboxylic acids is 1. The number of hydrogen-bond acceptors (Lipinski definition) is 5. The van der Waals surface area contributed by atoms with Crippen molar-refractivity contribution >= 4 is 45.3 Å². The summed E-state index contributed by atoms with van der Waals surface area (Å²) in [6, 6.07) is 13.2. The second kappa shape index (κ2) is 8.81. The number of methoxy groups -OCH3 is 2. The second-order valence-corrected chi connectivity index (χ2v) is 6.95. The minimum Gasteiger partial charge on any atom is -0.497 e. The third-order valence-corrected chi connectivity index (χ3v) is 4.99. The normalized spacial score (nSPS) is 10.2. The van der Waals surface area contributed by atoms with Crippen LogP contribution in [0.1, 0.15) is 10.4 Å². The van der Waals surface area contributed by atoms with Crippen molar-refractivity contribution in [2.75, 3.05) is 24.9 Å². The van der Waals surface area contributed by atoms with Gasteiger partial charge < -0.3 is 20.1 Å². The number of thiocarbonyl (C=S) groups is 1. The van der Waals surface area contributed by atoms with Crippen LogP contribution in [0.15, 0.2) is 53.9 Å². The molecule has 0 aliphatic heterocycles. The SMILES string of the molecule is COC(=O)c1c(-c2ccc(F)cc2)csc1NC(=S)Nc1cccc(OC)c1. The first-order valence-corrected chi connectivity index (χ1v) is 9.48. The van der Waals surface area contributed by atoms with Gasteiger partial charge in [-0.15, -0.1) is 11.3 Å². The third-order valence-electron chi connectivity index (χ3n) is 3.89. The molecule has 2 N–H and O–H groups in total. The Hall–Kier alpha value is -2.97. The first-order chi connectivity index (χ1) is 13.5. The number of carbonyl (C=O) groups is 1. The smallest absolute Gasteiger partial charge is 0.341 e. The Morgan fingerprint density at radius 2 is 1.86 bits per heavy atom. The largest absolute Gasteiger partial charge is 0.497 e. The van der Waals surface area contributed by atoms with Crippen LogP contribution in [0.4, 0.5) is 15.1 Å². The van der Waals surface area contributed by atoms with E-state index in [4.69, 9.17) is 21.7 Å². The Morgan fingerprint density at radius 1 is 1.11 bits per heavy atom. The Kier molecular flexibility index (Phi) is 6.23. The molecule has 0 fully saturated rings. The van der Waals surface area contributed by atoms with E-state index >= 15 is 0 Å². The fourth-order valence-electron chi connectivity index (χ4n) is 2.56. The van der Waals surface area contributed by atoms with E-state index in [0.717, 1.165) is 5.69 Å². The summed E-state index contributed by atoms with van der Waals surface area (Å²) in [5.74, 6) is -0.161. The molecule has 1 aromatic heterocycles. The number of ether oxygens (including phenoxy) is 2. The van der Waals surface area contributed by atoms with E-state index in [1.165, 1.54) is 30.6 Å². The van der Waals surface area contributed by atoms with Crippen LogP contribution in [-0.4, -0.2) is 25.3 Å². The number of nitrogens with one attached hydrogen (secondary N) is 2. The van der Waals surface area contributed by atoms with Crippen LogP contribution < -0.4 is 15.4 Å². The molecule has 8 heteroatoms. The highest BCUT2D eigenvalue weighted by Gasteiger charge is 2.21.